The van der Waals surface area contributed by atoms with Gasteiger partial charge in [-0.2, -0.15) is 18.2 Å². The average molecular weight is 537 g/mol. The van der Waals surface area contributed by atoms with Gasteiger partial charge < -0.3 is 30.3 Å². The van der Waals surface area contributed by atoms with Crippen LogP contribution in [-0.2, 0) is 10.9 Å². The van der Waals surface area contributed by atoms with E-state index in [1.807, 2.05) is 24.0 Å². The number of aliphatic hydroxyl groups is 1. The molecule has 1 aromatic carbocycles. The maximum atomic E-state index is 13.6. The number of nitrogens with zero attached hydrogens (tertiary/aromatic N) is 4. The Hall–Kier alpha value is -3.28. The van der Waals surface area contributed by atoms with Crippen LogP contribution in [0, 0.1) is 0 Å². The van der Waals surface area contributed by atoms with Crippen molar-refractivity contribution in [2.75, 3.05) is 34.8 Å². The number of nitrogens with one attached hydrogen (secondary N) is 2. The minimum atomic E-state index is -4.54. The fraction of sp³-hybridized carbons (Fsp3) is 0.577. The van der Waals surface area contributed by atoms with Crippen LogP contribution in [0.3, 0.4) is 0 Å². The lowest BCUT2D eigenvalue weighted by Crippen LogP contribution is -2.54. The lowest BCUT2D eigenvalue weighted by Gasteiger charge is -2.37. The van der Waals surface area contributed by atoms with E-state index in [0.29, 0.717) is 31.7 Å². The highest BCUT2D eigenvalue weighted by Gasteiger charge is 2.38. The van der Waals surface area contributed by atoms with E-state index in [9.17, 15) is 23.1 Å². The summed E-state index contributed by atoms with van der Waals surface area (Å²) < 4.78 is 46.1. The van der Waals surface area contributed by atoms with Gasteiger partial charge in [-0.25, -0.2) is 9.78 Å². The van der Waals surface area contributed by atoms with Gasteiger partial charge in [0, 0.05) is 43.2 Å². The van der Waals surface area contributed by atoms with Crippen LogP contribution in [-0.4, -0.2) is 64.6 Å². The van der Waals surface area contributed by atoms with E-state index in [-0.39, 0.29) is 17.8 Å². The first-order valence-corrected chi connectivity index (χ1v) is 12.8. The molecule has 2 aromatic rings. The smallest absolute Gasteiger partial charge is 0.421 e. The molecule has 3 atom stereocenters. The molecule has 2 aliphatic heterocycles. The van der Waals surface area contributed by atoms with E-state index in [0.717, 1.165) is 24.7 Å². The number of alkyl halides is 3. The molecule has 2 aliphatic rings. The number of carbonyl (C=O) groups excluding carboxylic acids is 1. The lowest BCUT2D eigenvalue weighted by atomic mass is 10.0. The number of benzene rings is 1. The van der Waals surface area contributed by atoms with Crippen LogP contribution in [0.15, 0.2) is 30.5 Å². The molecule has 12 heteroatoms. The molecule has 9 nitrogen and oxygen atoms in total. The SMILES string of the molecule is CC1CCCN1c1nc(Nc2ccc(N3CCC(NC(=O)OC(C)(C)C)C(O)C3)cc2)ncc1C(F)(F)F. The van der Waals surface area contributed by atoms with Crippen molar-refractivity contribution in [3.05, 3.63) is 36.0 Å². The number of β-amino-alcohol motifs (C(OH)–C–C–N with tert-alkyl or cyclic N) is 1. The van der Waals surface area contributed by atoms with Crippen molar-refractivity contribution in [3.63, 3.8) is 0 Å². The van der Waals surface area contributed by atoms with Crippen LogP contribution < -0.4 is 20.4 Å². The van der Waals surface area contributed by atoms with Crippen LogP contribution in [0.4, 0.5) is 41.1 Å². The van der Waals surface area contributed by atoms with Crippen molar-refractivity contribution in [2.24, 2.45) is 0 Å². The Morgan fingerprint density at radius 2 is 1.84 bits per heavy atom. The summed E-state index contributed by atoms with van der Waals surface area (Å²) in [6.45, 7) is 8.69. The molecule has 3 N–H and O–H groups in total. The molecule has 0 bridgehead atoms. The zero-order chi connectivity index (χ0) is 27.7. The Balaban J connectivity index is 1.40. The highest BCUT2D eigenvalue weighted by Crippen LogP contribution is 2.38. The second-order valence-electron chi connectivity index (χ2n) is 10.8. The van der Waals surface area contributed by atoms with Gasteiger partial charge in [-0.1, -0.05) is 0 Å². The highest BCUT2D eigenvalue weighted by atomic mass is 19.4. The number of ether oxygens (including phenoxy) is 1. The van der Waals surface area contributed by atoms with E-state index in [1.54, 1.807) is 37.8 Å². The Kier molecular flexibility index (Phi) is 7.91. The average Bonchev–Trinajstić information content (AvgIpc) is 3.25. The molecule has 2 fully saturated rings. The monoisotopic (exact) mass is 536 g/mol. The van der Waals surface area contributed by atoms with Crippen molar-refractivity contribution >= 4 is 29.2 Å². The number of anilines is 4. The predicted octanol–water partition coefficient (Wildman–Crippen LogP) is 4.69. The third-order valence-electron chi connectivity index (χ3n) is 6.67. The van der Waals surface area contributed by atoms with Gasteiger partial charge in [0.15, 0.2) is 0 Å². The molecule has 38 heavy (non-hydrogen) atoms. The van der Waals surface area contributed by atoms with Crippen molar-refractivity contribution in [1.29, 1.82) is 0 Å². The summed E-state index contributed by atoms with van der Waals surface area (Å²) in [7, 11) is 0. The minimum Gasteiger partial charge on any atom is -0.444 e. The summed E-state index contributed by atoms with van der Waals surface area (Å²) in [6, 6.07) is 6.83. The molecule has 3 heterocycles. The number of halogens is 3. The van der Waals surface area contributed by atoms with Crippen LogP contribution in [0.25, 0.3) is 0 Å². The van der Waals surface area contributed by atoms with E-state index < -0.39 is 35.6 Å². The summed E-state index contributed by atoms with van der Waals surface area (Å²) in [4.78, 5) is 23.9. The number of hydrogen-bond donors (Lipinski definition) is 3. The number of hydrogen-bond acceptors (Lipinski definition) is 8. The summed E-state index contributed by atoms with van der Waals surface area (Å²) in [5.41, 5.74) is 0.0296. The Morgan fingerprint density at radius 1 is 1.13 bits per heavy atom. The van der Waals surface area contributed by atoms with Gasteiger partial charge in [-0.3, -0.25) is 0 Å². The van der Waals surface area contributed by atoms with Crippen molar-refractivity contribution in [2.45, 2.75) is 76.9 Å². The van der Waals surface area contributed by atoms with Crippen molar-refractivity contribution in [1.82, 2.24) is 15.3 Å². The molecule has 3 unspecified atom stereocenters. The summed E-state index contributed by atoms with van der Waals surface area (Å²) >= 11 is 0. The third kappa shape index (κ3) is 6.77. The van der Waals surface area contributed by atoms with Crippen LogP contribution in [0.2, 0.25) is 0 Å². The molecule has 0 spiro atoms. The molecule has 2 saturated heterocycles. The Labute approximate surface area is 220 Å². The molecule has 1 amide bonds. The van der Waals surface area contributed by atoms with Gasteiger partial charge in [-0.15, -0.1) is 0 Å². The summed E-state index contributed by atoms with van der Waals surface area (Å²) in [5.74, 6) is -0.0160. The van der Waals surface area contributed by atoms with E-state index >= 15 is 0 Å². The van der Waals surface area contributed by atoms with E-state index in [2.05, 4.69) is 20.6 Å². The number of amides is 1. The maximum Gasteiger partial charge on any atom is 0.421 e. The van der Waals surface area contributed by atoms with Gasteiger partial charge >= 0.3 is 12.3 Å². The van der Waals surface area contributed by atoms with Crippen molar-refractivity contribution in [3.8, 4) is 0 Å². The first-order chi connectivity index (χ1) is 17.8. The number of piperidine rings is 1. The second kappa shape index (κ2) is 10.8. The molecular weight excluding hydrogens is 501 g/mol. The zero-order valence-corrected chi connectivity index (χ0v) is 22.0. The molecular formula is C26H35F3N6O3. The quantitative estimate of drug-likeness (QED) is 0.506. The first kappa shape index (κ1) is 27.7. The number of aliphatic hydroxyl groups excluding tert-OH is 1. The fourth-order valence-electron chi connectivity index (χ4n) is 4.78. The summed E-state index contributed by atoms with van der Waals surface area (Å²) in [5, 5.41) is 16.3. The molecule has 1 aromatic heterocycles. The molecule has 0 saturated carbocycles. The number of carbonyl (C=O) groups is 1. The minimum absolute atomic E-state index is 0.0306. The molecule has 0 aliphatic carbocycles. The normalized spacial score (nSPS) is 22.4. The Bertz CT molecular complexity index is 1120. The van der Waals surface area contributed by atoms with Gasteiger partial charge in [0.25, 0.3) is 0 Å². The van der Waals surface area contributed by atoms with Crippen molar-refractivity contribution < 1.29 is 27.8 Å². The number of aromatic nitrogens is 2. The van der Waals surface area contributed by atoms with Crippen LogP contribution >= 0.6 is 0 Å². The van der Waals surface area contributed by atoms with E-state index in [4.69, 9.17) is 4.74 Å². The predicted molar refractivity (Wildman–Crippen MR) is 139 cm³/mol. The molecule has 0 radical (unpaired) electrons. The van der Waals surface area contributed by atoms with E-state index in [1.165, 1.54) is 0 Å². The van der Waals surface area contributed by atoms with Crippen LogP contribution in [0.5, 0.6) is 0 Å². The van der Waals surface area contributed by atoms with Gasteiger partial charge in [0.2, 0.25) is 5.95 Å². The van der Waals surface area contributed by atoms with Gasteiger partial charge in [-0.05, 0) is 71.2 Å². The third-order valence-corrected chi connectivity index (χ3v) is 6.67. The maximum absolute atomic E-state index is 13.6. The highest BCUT2D eigenvalue weighted by molar-refractivity contribution is 5.68. The van der Waals surface area contributed by atoms with Crippen LogP contribution in [0.1, 0.15) is 52.5 Å². The Morgan fingerprint density at radius 3 is 2.42 bits per heavy atom. The van der Waals surface area contributed by atoms with Gasteiger partial charge in [0.1, 0.15) is 17.0 Å². The van der Waals surface area contributed by atoms with Gasteiger partial charge in [0.05, 0.1) is 12.1 Å². The lowest BCUT2D eigenvalue weighted by molar-refractivity contribution is -0.137. The number of rotatable bonds is 5. The number of alkyl carbamates (subject to hydrolysis) is 1. The zero-order valence-electron chi connectivity index (χ0n) is 22.0. The second-order valence-corrected chi connectivity index (χ2v) is 10.8. The molecule has 4 rings (SSSR count). The topological polar surface area (TPSA) is 103 Å². The fourth-order valence-corrected chi connectivity index (χ4v) is 4.78. The standard InChI is InChI=1S/C26H35F3N6O3/c1-16-6-5-12-35(16)22-19(26(27,28)29)14-30-23(33-22)31-17-7-9-18(10-8-17)34-13-11-20(21(36)15-34)32-24(37)38-25(2,3)4/h7-10,14,16,20-21,36H,5-6,11-13,15H2,1-4H3,(H,32,37)(H,30,31,33). The summed E-state index contributed by atoms with van der Waals surface area (Å²) in [6.07, 6.45) is -2.87. The first-order valence-electron chi connectivity index (χ1n) is 12.8. The largest absolute Gasteiger partial charge is 0.444 e. The molecule has 208 valence electrons.